The number of alkyl halides is 1. The summed E-state index contributed by atoms with van der Waals surface area (Å²) in [6.45, 7) is 5.47. The molecular formula is C13H15ClO3. The molecule has 92 valence electrons. The minimum atomic E-state index is -0.567. The van der Waals surface area contributed by atoms with Crippen LogP contribution in [0.3, 0.4) is 0 Å². The van der Waals surface area contributed by atoms with Crippen molar-refractivity contribution in [1.82, 2.24) is 0 Å². The lowest BCUT2D eigenvalue weighted by Crippen LogP contribution is -2.12. The summed E-state index contributed by atoms with van der Waals surface area (Å²) in [6.07, 6.45) is 0. The summed E-state index contributed by atoms with van der Waals surface area (Å²) in [7, 11) is 0. The Morgan fingerprint density at radius 1 is 1.41 bits per heavy atom. The predicted octanol–water partition coefficient (Wildman–Crippen LogP) is 2.98. The van der Waals surface area contributed by atoms with E-state index in [0.717, 1.165) is 0 Å². The van der Waals surface area contributed by atoms with Crippen LogP contribution >= 0.6 is 11.6 Å². The smallest absolute Gasteiger partial charge is 0.338 e. The zero-order valence-corrected chi connectivity index (χ0v) is 10.9. The quantitative estimate of drug-likeness (QED) is 0.471. The number of carbonyl (C=O) groups excluding carboxylic acids is 2. The number of hydrogen-bond acceptors (Lipinski definition) is 3. The second-order valence-corrected chi connectivity index (χ2v) is 4.39. The lowest BCUT2D eigenvalue weighted by Gasteiger charge is -2.08. The van der Waals surface area contributed by atoms with Crippen LogP contribution in [0.5, 0.6) is 0 Å². The van der Waals surface area contributed by atoms with Gasteiger partial charge in [-0.1, -0.05) is 6.07 Å². The first-order chi connectivity index (χ1) is 7.97. The lowest BCUT2D eigenvalue weighted by atomic mass is 10.0. The number of rotatable bonds is 4. The third-order valence-corrected chi connectivity index (χ3v) is 2.57. The molecule has 0 aromatic heterocycles. The molecule has 1 aromatic carbocycles. The van der Waals surface area contributed by atoms with Crippen LogP contribution in [0.15, 0.2) is 18.2 Å². The normalized spacial score (nSPS) is 12.0. The Morgan fingerprint density at radius 2 is 2.06 bits per heavy atom. The molecule has 1 aromatic rings. The van der Waals surface area contributed by atoms with Gasteiger partial charge in [0.25, 0.3) is 0 Å². The summed E-state index contributed by atoms with van der Waals surface area (Å²) >= 11 is 5.73. The first-order valence-corrected chi connectivity index (χ1v) is 5.87. The fourth-order valence-electron chi connectivity index (χ4n) is 1.48. The minimum Gasteiger partial charge on any atom is -0.462 e. The maximum absolute atomic E-state index is 11.7. The lowest BCUT2D eigenvalue weighted by molar-refractivity contribution is 0.0525. The van der Waals surface area contributed by atoms with Crippen LogP contribution in [0.4, 0.5) is 0 Å². The third-order valence-electron chi connectivity index (χ3n) is 2.37. The topological polar surface area (TPSA) is 43.4 Å². The second kappa shape index (κ2) is 5.82. The Hall–Kier alpha value is -1.35. The molecule has 1 atom stereocenters. The maximum Gasteiger partial charge on any atom is 0.338 e. The van der Waals surface area contributed by atoms with Crippen molar-refractivity contribution < 1.29 is 14.3 Å². The van der Waals surface area contributed by atoms with Gasteiger partial charge in [-0.25, -0.2) is 4.79 Å². The van der Waals surface area contributed by atoms with E-state index in [1.54, 1.807) is 39.0 Å². The number of ketones is 1. The van der Waals surface area contributed by atoms with Crippen molar-refractivity contribution in [3.63, 3.8) is 0 Å². The number of halogens is 1. The van der Waals surface area contributed by atoms with Gasteiger partial charge in [0, 0.05) is 5.56 Å². The fourth-order valence-corrected chi connectivity index (χ4v) is 1.61. The van der Waals surface area contributed by atoms with E-state index in [2.05, 4.69) is 0 Å². The Labute approximate surface area is 106 Å². The van der Waals surface area contributed by atoms with Gasteiger partial charge in [0.05, 0.1) is 17.5 Å². The van der Waals surface area contributed by atoms with Crippen molar-refractivity contribution in [2.75, 3.05) is 6.61 Å². The van der Waals surface area contributed by atoms with Gasteiger partial charge in [-0.15, -0.1) is 11.6 Å². The number of esters is 1. The van der Waals surface area contributed by atoms with Crippen LogP contribution < -0.4 is 0 Å². The minimum absolute atomic E-state index is 0.148. The summed E-state index contributed by atoms with van der Waals surface area (Å²) in [5, 5.41) is -0.567. The Balaban J connectivity index is 3.02. The predicted molar refractivity (Wildman–Crippen MR) is 66.8 cm³/mol. The van der Waals surface area contributed by atoms with Crippen LogP contribution in [-0.4, -0.2) is 23.7 Å². The van der Waals surface area contributed by atoms with Gasteiger partial charge in [0.15, 0.2) is 5.78 Å². The van der Waals surface area contributed by atoms with Crippen molar-refractivity contribution in [3.05, 3.63) is 34.9 Å². The molecule has 0 spiro atoms. The summed E-state index contributed by atoms with van der Waals surface area (Å²) < 4.78 is 4.91. The highest BCUT2D eigenvalue weighted by atomic mass is 35.5. The first-order valence-electron chi connectivity index (χ1n) is 5.43. The monoisotopic (exact) mass is 254 g/mol. The van der Waals surface area contributed by atoms with Crippen LogP contribution in [0, 0.1) is 6.92 Å². The van der Waals surface area contributed by atoms with Gasteiger partial charge >= 0.3 is 5.97 Å². The number of hydrogen-bond donors (Lipinski definition) is 0. The highest BCUT2D eigenvalue weighted by Crippen LogP contribution is 2.15. The third kappa shape index (κ3) is 3.30. The Kier molecular flexibility index (Phi) is 4.70. The SMILES string of the molecule is CCOC(=O)c1ccc(C(=O)C(C)Cl)cc1C. The first kappa shape index (κ1) is 13.7. The molecule has 1 unspecified atom stereocenters. The van der Waals surface area contributed by atoms with E-state index >= 15 is 0 Å². The molecule has 17 heavy (non-hydrogen) atoms. The second-order valence-electron chi connectivity index (χ2n) is 3.73. The molecule has 0 aliphatic carbocycles. The number of aryl methyl sites for hydroxylation is 1. The summed E-state index contributed by atoms with van der Waals surface area (Å²) in [4.78, 5) is 23.2. The molecule has 0 fully saturated rings. The average Bonchev–Trinajstić information content (AvgIpc) is 2.27. The molecule has 0 amide bonds. The molecule has 3 nitrogen and oxygen atoms in total. The number of ether oxygens (including phenoxy) is 1. The van der Waals surface area contributed by atoms with E-state index in [9.17, 15) is 9.59 Å². The number of Topliss-reactive ketones (excluding diaryl/α,β-unsaturated/α-hetero) is 1. The number of carbonyl (C=O) groups is 2. The highest BCUT2D eigenvalue weighted by Gasteiger charge is 2.15. The van der Waals surface area contributed by atoms with E-state index in [4.69, 9.17) is 16.3 Å². The van der Waals surface area contributed by atoms with Gasteiger partial charge < -0.3 is 4.74 Å². The van der Waals surface area contributed by atoms with E-state index < -0.39 is 5.38 Å². The molecule has 4 heteroatoms. The van der Waals surface area contributed by atoms with Crippen molar-refractivity contribution in [2.45, 2.75) is 26.1 Å². The van der Waals surface area contributed by atoms with E-state index in [-0.39, 0.29) is 11.8 Å². The van der Waals surface area contributed by atoms with Crippen molar-refractivity contribution >= 4 is 23.4 Å². The molecule has 0 heterocycles. The highest BCUT2D eigenvalue weighted by molar-refractivity contribution is 6.33. The van der Waals surface area contributed by atoms with Gasteiger partial charge in [-0.3, -0.25) is 4.79 Å². The van der Waals surface area contributed by atoms with Gasteiger partial charge in [0.1, 0.15) is 0 Å². The van der Waals surface area contributed by atoms with Gasteiger partial charge in [-0.05, 0) is 38.5 Å². The Morgan fingerprint density at radius 3 is 2.53 bits per heavy atom. The van der Waals surface area contributed by atoms with Crippen LogP contribution in [0.25, 0.3) is 0 Å². The number of benzene rings is 1. The molecule has 0 aliphatic rings. The van der Waals surface area contributed by atoms with E-state index in [1.165, 1.54) is 0 Å². The van der Waals surface area contributed by atoms with Crippen molar-refractivity contribution in [1.29, 1.82) is 0 Å². The molecular weight excluding hydrogens is 240 g/mol. The maximum atomic E-state index is 11.7. The molecule has 0 N–H and O–H groups in total. The van der Waals surface area contributed by atoms with Crippen molar-refractivity contribution in [2.24, 2.45) is 0 Å². The molecule has 1 rings (SSSR count). The zero-order chi connectivity index (χ0) is 13.0. The molecule has 0 radical (unpaired) electrons. The average molecular weight is 255 g/mol. The largest absolute Gasteiger partial charge is 0.462 e. The fraction of sp³-hybridized carbons (Fsp3) is 0.385. The summed E-state index contributed by atoms with van der Waals surface area (Å²) in [5.74, 6) is -0.520. The standard InChI is InChI=1S/C13H15ClO3/c1-4-17-13(16)11-6-5-10(7-8(11)2)12(15)9(3)14/h5-7,9H,4H2,1-3H3. The molecule has 0 saturated carbocycles. The molecule has 0 saturated heterocycles. The summed E-state index contributed by atoms with van der Waals surface area (Å²) in [6, 6.07) is 4.85. The summed E-state index contributed by atoms with van der Waals surface area (Å²) in [5.41, 5.74) is 1.70. The van der Waals surface area contributed by atoms with E-state index in [0.29, 0.717) is 23.3 Å². The van der Waals surface area contributed by atoms with Crippen molar-refractivity contribution in [3.8, 4) is 0 Å². The molecule has 0 aliphatic heterocycles. The van der Waals surface area contributed by atoms with Gasteiger partial charge in [-0.2, -0.15) is 0 Å². The van der Waals surface area contributed by atoms with Crippen LogP contribution in [-0.2, 0) is 4.74 Å². The van der Waals surface area contributed by atoms with Gasteiger partial charge in [0.2, 0.25) is 0 Å². The van der Waals surface area contributed by atoms with Crippen LogP contribution in [0.2, 0.25) is 0 Å². The zero-order valence-electron chi connectivity index (χ0n) is 10.1. The molecule has 0 bridgehead atoms. The van der Waals surface area contributed by atoms with E-state index in [1.807, 2.05) is 0 Å². The Bertz CT molecular complexity index is 438. The van der Waals surface area contributed by atoms with Crippen LogP contribution in [0.1, 0.15) is 40.1 Å².